The Bertz CT molecular complexity index is 720. The van der Waals surface area contributed by atoms with E-state index in [1.54, 1.807) is 31.4 Å². The molecule has 2 aromatic rings. The van der Waals surface area contributed by atoms with E-state index in [1.165, 1.54) is 18.2 Å². The second kappa shape index (κ2) is 8.27. The zero-order valence-electron chi connectivity index (χ0n) is 13.4. The van der Waals surface area contributed by atoms with Gasteiger partial charge in [-0.15, -0.1) is 13.2 Å². The van der Waals surface area contributed by atoms with Gasteiger partial charge in [0.05, 0.1) is 7.11 Å². The average Bonchev–Trinajstić information content (AvgIpc) is 2.58. The van der Waals surface area contributed by atoms with Gasteiger partial charge in [-0.2, -0.15) is 0 Å². The smallest absolute Gasteiger partial charge is 0.497 e. The summed E-state index contributed by atoms with van der Waals surface area (Å²) in [6.45, 7) is 0.153. The van der Waals surface area contributed by atoms with Gasteiger partial charge >= 0.3 is 12.4 Å². The molecule has 2 rings (SSSR count). The fourth-order valence-corrected chi connectivity index (χ4v) is 2.08. The summed E-state index contributed by atoms with van der Waals surface area (Å²) in [4.78, 5) is 11.8. The summed E-state index contributed by atoms with van der Waals surface area (Å²) < 4.78 is 46.1. The summed E-state index contributed by atoms with van der Waals surface area (Å²) in [6.07, 6.45) is -4.79. The Morgan fingerprint density at radius 3 is 2.48 bits per heavy atom. The first-order valence-corrected chi connectivity index (χ1v) is 7.35. The third kappa shape index (κ3) is 6.25. The summed E-state index contributed by atoms with van der Waals surface area (Å²) in [6, 6.07) is 12.3. The van der Waals surface area contributed by atoms with Crippen molar-refractivity contribution < 1.29 is 27.4 Å². The van der Waals surface area contributed by atoms with Crippen molar-refractivity contribution >= 4 is 6.03 Å². The predicted molar refractivity (Wildman–Crippen MR) is 85.2 cm³/mol. The van der Waals surface area contributed by atoms with Crippen molar-refractivity contribution in [1.29, 1.82) is 0 Å². The monoisotopic (exact) mass is 354 g/mol. The van der Waals surface area contributed by atoms with Crippen LogP contribution in [0.3, 0.4) is 0 Å². The Hall–Kier alpha value is -2.90. The van der Waals surface area contributed by atoms with Crippen molar-refractivity contribution in [3.05, 3.63) is 59.7 Å². The van der Waals surface area contributed by atoms with Gasteiger partial charge in [-0.05, 0) is 23.8 Å². The van der Waals surface area contributed by atoms with Gasteiger partial charge in [0.25, 0.3) is 0 Å². The second-order valence-electron chi connectivity index (χ2n) is 5.04. The molecule has 0 aliphatic heterocycles. The Labute approximate surface area is 142 Å². The molecule has 8 heteroatoms. The van der Waals surface area contributed by atoms with Gasteiger partial charge in [0.1, 0.15) is 11.5 Å². The van der Waals surface area contributed by atoms with Gasteiger partial charge in [0.2, 0.25) is 0 Å². The number of nitrogens with one attached hydrogen (secondary N) is 2. The summed E-state index contributed by atoms with van der Waals surface area (Å²) in [5.74, 6) is 0.320. The molecule has 134 valence electrons. The summed E-state index contributed by atoms with van der Waals surface area (Å²) in [5.41, 5.74) is 1.05. The lowest BCUT2D eigenvalue weighted by molar-refractivity contribution is -0.274. The zero-order chi connectivity index (χ0) is 18.3. The van der Waals surface area contributed by atoms with Gasteiger partial charge in [0, 0.05) is 18.7 Å². The lowest BCUT2D eigenvalue weighted by Gasteiger charge is -2.14. The lowest BCUT2D eigenvalue weighted by Crippen LogP contribution is -2.34. The molecule has 0 heterocycles. The first-order chi connectivity index (χ1) is 11.9. The van der Waals surface area contributed by atoms with Crippen LogP contribution in [0.25, 0.3) is 0 Å². The Morgan fingerprint density at radius 2 is 1.76 bits per heavy atom. The summed E-state index contributed by atoms with van der Waals surface area (Å²) in [5, 5.41) is 5.11. The van der Waals surface area contributed by atoms with Crippen molar-refractivity contribution in [2.24, 2.45) is 0 Å². The van der Waals surface area contributed by atoms with Crippen LogP contribution in [0.15, 0.2) is 48.5 Å². The third-order valence-corrected chi connectivity index (χ3v) is 3.22. The molecule has 2 aromatic carbocycles. The summed E-state index contributed by atoms with van der Waals surface area (Å²) in [7, 11) is 1.54. The second-order valence-corrected chi connectivity index (χ2v) is 5.04. The molecule has 0 bridgehead atoms. The van der Waals surface area contributed by atoms with E-state index in [1.807, 2.05) is 6.07 Å². The molecular formula is C17H17F3N2O3. The highest BCUT2D eigenvalue weighted by Gasteiger charge is 2.31. The van der Waals surface area contributed by atoms with Crippen LogP contribution in [0.1, 0.15) is 11.1 Å². The van der Waals surface area contributed by atoms with Crippen molar-refractivity contribution in [2.75, 3.05) is 7.11 Å². The van der Waals surface area contributed by atoms with E-state index in [0.29, 0.717) is 5.75 Å². The topological polar surface area (TPSA) is 59.6 Å². The number of benzene rings is 2. The number of urea groups is 1. The number of alkyl halides is 3. The molecule has 0 unspecified atom stereocenters. The molecule has 0 saturated heterocycles. The molecule has 2 N–H and O–H groups in total. The minimum Gasteiger partial charge on any atom is -0.497 e. The maximum absolute atomic E-state index is 12.4. The van der Waals surface area contributed by atoms with Gasteiger partial charge in [-0.25, -0.2) is 4.79 Å². The van der Waals surface area contributed by atoms with E-state index < -0.39 is 12.4 Å². The van der Waals surface area contributed by atoms with Crippen LogP contribution in [-0.4, -0.2) is 19.5 Å². The Kier molecular flexibility index (Phi) is 6.10. The van der Waals surface area contributed by atoms with E-state index in [9.17, 15) is 18.0 Å². The van der Waals surface area contributed by atoms with Crippen molar-refractivity contribution in [2.45, 2.75) is 19.5 Å². The van der Waals surface area contributed by atoms with Crippen LogP contribution in [-0.2, 0) is 13.1 Å². The molecule has 0 atom stereocenters. The number of amides is 2. The number of rotatable bonds is 6. The molecule has 0 aromatic heterocycles. The average molecular weight is 354 g/mol. The molecule has 0 radical (unpaired) electrons. The quantitative estimate of drug-likeness (QED) is 0.833. The van der Waals surface area contributed by atoms with Gasteiger partial charge in [-0.3, -0.25) is 0 Å². The Morgan fingerprint density at radius 1 is 1.04 bits per heavy atom. The van der Waals surface area contributed by atoms with Crippen LogP contribution in [0.2, 0.25) is 0 Å². The number of methoxy groups -OCH3 is 1. The first-order valence-electron chi connectivity index (χ1n) is 7.35. The predicted octanol–water partition coefficient (Wildman–Crippen LogP) is 3.59. The van der Waals surface area contributed by atoms with Crippen molar-refractivity contribution in [3.63, 3.8) is 0 Å². The fraction of sp³-hybridized carbons (Fsp3) is 0.235. The minimum absolute atomic E-state index is 0.101. The highest BCUT2D eigenvalue weighted by atomic mass is 19.4. The number of hydrogen-bond acceptors (Lipinski definition) is 3. The third-order valence-electron chi connectivity index (χ3n) is 3.22. The molecule has 2 amide bonds. The standard InChI is InChI=1S/C17H17F3N2O3/c1-24-14-7-4-5-12(9-14)10-21-16(23)22-11-13-6-2-3-8-15(13)25-17(18,19)20/h2-9H,10-11H2,1H3,(H2,21,22,23). The molecule has 25 heavy (non-hydrogen) atoms. The molecule has 0 fully saturated rings. The highest BCUT2D eigenvalue weighted by molar-refractivity contribution is 5.73. The van der Waals surface area contributed by atoms with Gasteiger partial charge in [-0.1, -0.05) is 30.3 Å². The fourth-order valence-electron chi connectivity index (χ4n) is 2.08. The van der Waals surface area contributed by atoms with Crippen LogP contribution in [0.4, 0.5) is 18.0 Å². The summed E-state index contributed by atoms with van der Waals surface area (Å²) >= 11 is 0. The number of para-hydroxylation sites is 1. The molecule has 0 saturated carbocycles. The van der Waals surface area contributed by atoms with Crippen molar-refractivity contribution in [3.8, 4) is 11.5 Å². The molecule has 0 aliphatic rings. The molecule has 0 spiro atoms. The maximum Gasteiger partial charge on any atom is 0.573 e. The number of carbonyl (C=O) groups is 1. The van der Waals surface area contributed by atoms with Gasteiger partial charge in [0.15, 0.2) is 0 Å². The van der Waals surface area contributed by atoms with Gasteiger partial charge < -0.3 is 20.1 Å². The largest absolute Gasteiger partial charge is 0.573 e. The Balaban J connectivity index is 1.88. The number of halogens is 3. The number of ether oxygens (including phenoxy) is 2. The number of carbonyl (C=O) groups excluding carboxylic acids is 1. The molecular weight excluding hydrogens is 337 g/mol. The molecule has 5 nitrogen and oxygen atoms in total. The normalized spacial score (nSPS) is 10.9. The van der Waals surface area contributed by atoms with Crippen LogP contribution < -0.4 is 20.1 Å². The van der Waals surface area contributed by atoms with Crippen LogP contribution in [0.5, 0.6) is 11.5 Å². The van der Waals surface area contributed by atoms with E-state index in [2.05, 4.69) is 15.4 Å². The van der Waals surface area contributed by atoms with Crippen LogP contribution >= 0.6 is 0 Å². The van der Waals surface area contributed by atoms with E-state index in [4.69, 9.17) is 4.74 Å². The first kappa shape index (κ1) is 18.4. The van der Waals surface area contributed by atoms with E-state index in [-0.39, 0.29) is 24.4 Å². The highest BCUT2D eigenvalue weighted by Crippen LogP contribution is 2.26. The SMILES string of the molecule is COc1cccc(CNC(=O)NCc2ccccc2OC(F)(F)F)c1. The van der Waals surface area contributed by atoms with E-state index >= 15 is 0 Å². The number of hydrogen-bond donors (Lipinski definition) is 2. The maximum atomic E-state index is 12.4. The van der Waals surface area contributed by atoms with E-state index in [0.717, 1.165) is 5.56 Å². The van der Waals surface area contributed by atoms with Crippen LogP contribution in [0, 0.1) is 0 Å². The zero-order valence-corrected chi connectivity index (χ0v) is 13.4. The lowest BCUT2D eigenvalue weighted by atomic mass is 10.2. The molecule has 0 aliphatic carbocycles. The van der Waals surface area contributed by atoms with Crippen molar-refractivity contribution in [1.82, 2.24) is 10.6 Å². The minimum atomic E-state index is -4.79.